The summed E-state index contributed by atoms with van der Waals surface area (Å²) in [6, 6.07) is 7.12. The third-order valence-corrected chi connectivity index (χ3v) is 3.20. The van der Waals surface area contributed by atoms with E-state index < -0.39 is 11.9 Å². The molecule has 4 heteroatoms. The lowest BCUT2D eigenvalue weighted by atomic mass is 9.88. The van der Waals surface area contributed by atoms with E-state index in [0.29, 0.717) is 36.1 Å². The summed E-state index contributed by atoms with van der Waals surface area (Å²) in [6.07, 6.45) is 0.596. The first kappa shape index (κ1) is 11.4. The molecule has 16 heavy (non-hydrogen) atoms. The van der Waals surface area contributed by atoms with Crippen LogP contribution >= 0.6 is 11.6 Å². The lowest BCUT2D eigenvalue weighted by Crippen LogP contribution is -2.30. The molecule has 3 nitrogen and oxygen atoms in total. The van der Waals surface area contributed by atoms with Crippen molar-refractivity contribution < 1.29 is 14.6 Å². The Labute approximate surface area is 99.0 Å². The Bertz CT molecular complexity index is 388. The van der Waals surface area contributed by atoms with E-state index in [1.54, 1.807) is 18.2 Å². The fourth-order valence-electron chi connectivity index (χ4n) is 1.87. The first-order valence-corrected chi connectivity index (χ1v) is 5.61. The zero-order chi connectivity index (χ0) is 11.5. The second-order valence-corrected chi connectivity index (χ2v) is 4.46. The predicted molar refractivity (Wildman–Crippen MR) is 60.8 cm³/mol. The highest BCUT2D eigenvalue weighted by Gasteiger charge is 2.29. The van der Waals surface area contributed by atoms with Gasteiger partial charge in [0, 0.05) is 10.9 Å². The molecule has 0 aromatic heterocycles. The molecule has 0 amide bonds. The topological polar surface area (TPSA) is 46.5 Å². The maximum absolute atomic E-state index is 11.2. The number of carboxylic acids is 1. The van der Waals surface area contributed by atoms with Gasteiger partial charge in [0.1, 0.15) is 0 Å². The smallest absolute Gasteiger partial charge is 0.311 e. The van der Waals surface area contributed by atoms with Crippen LogP contribution in [0.5, 0.6) is 0 Å². The van der Waals surface area contributed by atoms with Gasteiger partial charge in [-0.25, -0.2) is 0 Å². The fourth-order valence-corrected chi connectivity index (χ4v) is 2.14. The van der Waals surface area contributed by atoms with Crippen LogP contribution in [0.25, 0.3) is 0 Å². The molecule has 86 valence electrons. The normalized spacial score (nSPS) is 17.8. The molecule has 0 aliphatic carbocycles. The highest BCUT2D eigenvalue weighted by Crippen LogP contribution is 2.32. The van der Waals surface area contributed by atoms with Gasteiger partial charge < -0.3 is 9.84 Å². The Balaban J connectivity index is 2.18. The lowest BCUT2D eigenvalue weighted by molar-refractivity contribution is -0.140. The molecule has 0 spiro atoms. The summed E-state index contributed by atoms with van der Waals surface area (Å²) < 4.78 is 5.06. The summed E-state index contributed by atoms with van der Waals surface area (Å²) in [5.74, 6) is -1.00. The molecular formula is C12H13ClO3. The number of aliphatic carboxylic acids is 1. The van der Waals surface area contributed by atoms with E-state index in [2.05, 4.69) is 0 Å². The summed E-state index contributed by atoms with van der Waals surface area (Å²) in [5.41, 5.74) is 0.698. The van der Waals surface area contributed by atoms with Crippen LogP contribution in [0.4, 0.5) is 0 Å². The van der Waals surface area contributed by atoms with Gasteiger partial charge in [-0.1, -0.05) is 29.8 Å². The van der Waals surface area contributed by atoms with E-state index in [9.17, 15) is 9.90 Å². The largest absolute Gasteiger partial charge is 0.481 e. The summed E-state index contributed by atoms with van der Waals surface area (Å²) in [4.78, 5) is 11.2. The van der Waals surface area contributed by atoms with Crippen molar-refractivity contribution >= 4 is 17.6 Å². The molecule has 1 fully saturated rings. The highest BCUT2D eigenvalue weighted by atomic mass is 35.5. The Morgan fingerprint density at radius 1 is 1.50 bits per heavy atom. The van der Waals surface area contributed by atoms with E-state index in [1.165, 1.54) is 0 Å². The second kappa shape index (κ2) is 4.85. The van der Waals surface area contributed by atoms with Gasteiger partial charge in [-0.15, -0.1) is 0 Å². The third kappa shape index (κ3) is 2.36. The Kier molecular flexibility index (Phi) is 3.46. The van der Waals surface area contributed by atoms with Crippen molar-refractivity contribution in [1.29, 1.82) is 0 Å². The lowest BCUT2D eigenvalue weighted by Gasteiger charge is -2.28. The highest BCUT2D eigenvalue weighted by molar-refractivity contribution is 6.31. The van der Waals surface area contributed by atoms with E-state index in [0.717, 1.165) is 0 Å². The molecule has 0 radical (unpaired) electrons. The molecule has 1 atom stereocenters. The number of hydrogen-bond acceptors (Lipinski definition) is 2. The molecule has 1 saturated heterocycles. The average molecular weight is 241 g/mol. The van der Waals surface area contributed by atoms with Gasteiger partial charge in [-0.2, -0.15) is 0 Å². The maximum Gasteiger partial charge on any atom is 0.311 e. The van der Waals surface area contributed by atoms with Crippen molar-refractivity contribution in [2.75, 3.05) is 13.2 Å². The molecule has 0 saturated carbocycles. The first-order valence-electron chi connectivity index (χ1n) is 5.23. The molecule has 1 heterocycles. The number of ether oxygens (including phenoxy) is 1. The van der Waals surface area contributed by atoms with Crippen molar-refractivity contribution in [3.63, 3.8) is 0 Å². The molecule has 0 bridgehead atoms. The Morgan fingerprint density at radius 2 is 2.19 bits per heavy atom. The minimum Gasteiger partial charge on any atom is -0.481 e. The molecule has 2 rings (SSSR count). The van der Waals surface area contributed by atoms with Crippen molar-refractivity contribution in [3.8, 4) is 0 Å². The van der Waals surface area contributed by atoms with Crippen LogP contribution in [-0.2, 0) is 9.53 Å². The minimum atomic E-state index is -0.819. The van der Waals surface area contributed by atoms with E-state index in [4.69, 9.17) is 16.3 Å². The molecule has 1 N–H and O–H groups in total. The summed E-state index contributed by atoms with van der Waals surface area (Å²) in [6.45, 7) is 1.32. The van der Waals surface area contributed by atoms with Crippen LogP contribution in [0.15, 0.2) is 24.3 Å². The van der Waals surface area contributed by atoms with Crippen molar-refractivity contribution in [3.05, 3.63) is 34.9 Å². The SMILES string of the molecule is O=C(O)C(CC1COC1)c1ccccc1Cl. The zero-order valence-corrected chi connectivity index (χ0v) is 9.48. The van der Waals surface area contributed by atoms with E-state index in [1.807, 2.05) is 6.07 Å². The predicted octanol–water partition coefficient (Wildman–Crippen LogP) is 2.54. The van der Waals surface area contributed by atoms with Gasteiger partial charge in [0.05, 0.1) is 19.1 Å². The van der Waals surface area contributed by atoms with Crippen molar-refractivity contribution in [2.24, 2.45) is 5.92 Å². The number of halogens is 1. The quantitative estimate of drug-likeness (QED) is 0.880. The molecule has 1 aliphatic rings. The molecule has 1 aromatic rings. The Hall–Kier alpha value is -1.06. The molecule has 1 aromatic carbocycles. The number of benzene rings is 1. The van der Waals surface area contributed by atoms with Crippen molar-refractivity contribution in [1.82, 2.24) is 0 Å². The van der Waals surface area contributed by atoms with Crippen LogP contribution < -0.4 is 0 Å². The van der Waals surface area contributed by atoms with Gasteiger partial charge in [-0.05, 0) is 18.1 Å². The van der Waals surface area contributed by atoms with Crippen LogP contribution in [0.2, 0.25) is 5.02 Å². The second-order valence-electron chi connectivity index (χ2n) is 4.05. The molecular weight excluding hydrogens is 228 g/mol. The first-order chi connectivity index (χ1) is 7.68. The van der Waals surface area contributed by atoms with Crippen molar-refractivity contribution in [2.45, 2.75) is 12.3 Å². The van der Waals surface area contributed by atoms with Gasteiger partial charge >= 0.3 is 5.97 Å². The van der Waals surface area contributed by atoms with Gasteiger partial charge in [0.2, 0.25) is 0 Å². The van der Waals surface area contributed by atoms with Crippen LogP contribution in [0, 0.1) is 5.92 Å². The number of carbonyl (C=O) groups is 1. The molecule has 1 unspecified atom stereocenters. The fraction of sp³-hybridized carbons (Fsp3) is 0.417. The average Bonchev–Trinajstić information content (AvgIpc) is 2.18. The van der Waals surface area contributed by atoms with E-state index >= 15 is 0 Å². The van der Waals surface area contributed by atoms with Crippen LogP contribution in [0.1, 0.15) is 17.9 Å². The van der Waals surface area contributed by atoms with Gasteiger partial charge in [0.25, 0.3) is 0 Å². The van der Waals surface area contributed by atoms with E-state index in [-0.39, 0.29) is 0 Å². The van der Waals surface area contributed by atoms with Crippen LogP contribution in [0.3, 0.4) is 0 Å². The van der Waals surface area contributed by atoms with Gasteiger partial charge in [0.15, 0.2) is 0 Å². The summed E-state index contributed by atoms with van der Waals surface area (Å²) in [5, 5.41) is 9.74. The molecule has 1 aliphatic heterocycles. The monoisotopic (exact) mass is 240 g/mol. The number of hydrogen-bond donors (Lipinski definition) is 1. The zero-order valence-electron chi connectivity index (χ0n) is 8.73. The minimum absolute atomic E-state index is 0.345. The van der Waals surface area contributed by atoms with Crippen LogP contribution in [-0.4, -0.2) is 24.3 Å². The van der Waals surface area contributed by atoms with Gasteiger partial charge in [-0.3, -0.25) is 4.79 Å². The third-order valence-electron chi connectivity index (χ3n) is 2.85. The number of rotatable bonds is 4. The number of carboxylic acid groups (broad SMARTS) is 1. The maximum atomic E-state index is 11.2. The Morgan fingerprint density at radius 3 is 2.69 bits per heavy atom. The summed E-state index contributed by atoms with van der Waals surface area (Å²) in [7, 11) is 0. The summed E-state index contributed by atoms with van der Waals surface area (Å²) >= 11 is 6.01. The standard InChI is InChI=1S/C12H13ClO3/c13-11-4-2-1-3-9(11)10(12(14)15)5-8-6-16-7-8/h1-4,8,10H,5-7H2,(H,14,15).